The first-order valence-corrected chi connectivity index (χ1v) is 4.62. The van der Waals surface area contributed by atoms with Crippen molar-refractivity contribution in [1.82, 2.24) is 4.98 Å². The fourth-order valence-electron chi connectivity index (χ4n) is 1.50. The average molecular weight is 219 g/mol. The number of rotatable bonds is 3. The summed E-state index contributed by atoms with van der Waals surface area (Å²) in [6.45, 7) is 1.80. The molecule has 5 nitrogen and oxygen atoms in total. The third-order valence-corrected chi connectivity index (χ3v) is 2.22. The van der Waals surface area contributed by atoms with E-state index in [0.29, 0.717) is 5.56 Å². The summed E-state index contributed by atoms with van der Waals surface area (Å²) >= 11 is 0. The largest absolute Gasteiger partial charge is 0.333 e. The Bertz CT molecular complexity index is 596. The van der Waals surface area contributed by atoms with E-state index in [2.05, 4.69) is 14.8 Å². The molecule has 0 amide bonds. The molecule has 16 heavy (non-hydrogen) atoms. The standard InChI is InChI=1S/C11H9NO4/c1-6-5-7(3-4-12-6)8-9(13)10(14)11(8)16-15-2/h3-5H,1-2H3. The van der Waals surface area contributed by atoms with Crippen LogP contribution in [0, 0.1) is 6.92 Å². The lowest BCUT2D eigenvalue weighted by atomic mass is 10.0. The average Bonchev–Trinajstić information content (AvgIpc) is 2.28. The molecule has 82 valence electrons. The van der Waals surface area contributed by atoms with Gasteiger partial charge in [-0.25, -0.2) is 0 Å². The number of hydrogen-bond acceptors (Lipinski definition) is 5. The van der Waals surface area contributed by atoms with Crippen LogP contribution in [-0.4, -0.2) is 12.1 Å². The van der Waals surface area contributed by atoms with E-state index in [1.165, 1.54) is 7.11 Å². The molecule has 2 aromatic rings. The highest BCUT2D eigenvalue weighted by atomic mass is 17.2. The Labute approximate surface area is 90.9 Å². The van der Waals surface area contributed by atoms with Gasteiger partial charge in [-0.05, 0) is 24.6 Å². The second kappa shape index (κ2) is 3.86. The molecule has 0 saturated carbocycles. The number of aryl methyl sites for hydroxylation is 1. The molecule has 0 radical (unpaired) electrons. The van der Waals surface area contributed by atoms with Gasteiger partial charge in [-0.1, -0.05) is 0 Å². The van der Waals surface area contributed by atoms with Crippen LogP contribution in [0.15, 0.2) is 27.9 Å². The molecule has 0 N–H and O–H groups in total. The first-order chi connectivity index (χ1) is 7.65. The summed E-state index contributed by atoms with van der Waals surface area (Å²) in [5, 5.41) is 0. The molecule has 0 aliphatic carbocycles. The van der Waals surface area contributed by atoms with E-state index in [1.807, 2.05) is 0 Å². The molecule has 0 spiro atoms. The van der Waals surface area contributed by atoms with Crippen LogP contribution in [0.4, 0.5) is 0 Å². The molecule has 0 aliphatic rings. The summed E-state index contributed by atoms with van der Waals surface area (Å²) < 4.78 is 0. The number of nitrogens with zero attached hydrogens (tertiary/aromatic N) is 1. The molecule has 1 heterocycles. The number of hydrogen-bond donors (Lipinski definition) is 0. The zero-order valence-corrected chi connectivity index (χ0v) is 8.81. The fourth-order valence-corrected chi connectivity index (χ4v) is 1.50. The summed E-state index contributed by atoms with van der Waals surface area (Å²) in [5.41, 5.74) is 0.402. The Morgan fingerprint density at radius 2 is 2.00 bits per heavy atom. The summed E-state index contributed by atoms with van der Waals surface area (Å²) in [7, 11) is 1.28. The number of aromatic nitrogens is 1. The molecule has 0 aliphatic heterocycles. The van der Waals surface area contributed by atoms with E-state index in [1.54, 1.807) is 25.3 Å². The zero-order chi connectivity index (χ0) is 11.7. The Hall–Kier alpha value is -2.01. The second-order valence-electron chi connectivity index (χ2n) is 3.30. The van der Waals surface area contributed by atoms with E-state index in [-0.39, 0.29) is 11.3 Å². The Balaban J connectivity index is 2.53. The molecular formula is C11H9NO4. The van der Waals surface area contributed by atoms with Crippen molar-refractivity contribution in [2.45, 2.75) is 6.92 Å². The van der Waals surface area contributed by atoms with Gasteiger partial charge in [0, 0.05) is 11.9 Å². The smallest absolute Gasteiger partial charge is 0.273 e. The van der Waals surface area contributed by atoms with Gasteiger partial charge in [0.2, 0.25) is 11.2 Å². The van der Waals surface area contributed by atoms with Gasteiger partial charge in [0.15, 0.2) is 0 Å². The molecule has 0 bridgehead atoms. The first kappa shape index (κ1) is 10.5. The van der Waals surface area contributed by atoms with E-state index < -0.39 is 10.9 Å². The van der Waals surface area contributed by atoms with Gasteiger partial charge in [0.25, 0.3) is 5.43 Å². The maximum Gasteiger partial charge on any atom is 0.273 e. The van der Waals surface area contributed by atoms with E-state index in [9.17, 15) is 9.59 Å². The lowest BCUT2D eigenvalue weighted by Gasteiger charge is -2.09. The zero-order valence-electron chi connectivity index (χ0n) is 8.81. The van der Waals surface area contributed by atoms with E-state index in [4.69, 9.17) is 0 Å². The van der Waals surface area contributed by atoms with Gasteiger partial charge in [-0.2, -0.15) is 4.89 Å². The minimum atomic E-state index is -0.661. The van der Waals surface area contributed by atoms with Crippen molar-refractivity contribution in [3.8, 4) is 16.9 Å². The third-order valence-electron chi connectivity index (χ3n) is 2.22. The van der Waals surface area contributed by atoms with Crippen molar-refractivity contribution in [2.24, 2.45) is 0 Å². The molecule has 0 saturated heterocycles. The van der Waals surface area contributed by atoms with Crippen molar-refractivity contribution in [2.75, 3.05) is 7.11 Å². The van der Waals surface area contributed by atoms with E-state index >= 15 is 0 Å². The Kier molecular flexibility index (Phi) is 2.54. The molecule has 2 rings (SSSR count). The first-order valence-electron chi connectivity index (χ1n) is 4.62. The SMILES string of the molecule is COOc1c(-c2ccnc(C)c2)c(=O)c1=O. The van der Waals surface area contributed by atoms with Gasteiger partial charge in [0.05, 0.1) is 12.7 Å². The predicted octanol–water partition coefficient (Wildman–Crippen LogP) is 0.593. The topological polar surface area (TPSA) is 65.5 Å². The van der Waals surface area contributed by atoms with Crippen LogP contribution in [0.3, 0.4) is 0 Å². The van der Waals surface area contributed by atoms with Gasteiger partial charge in [-0.3, -0.25) is 14.6 Å². The highest BCUT2D eigenvalue weighted by molar-refractivity contribution is 5.73. The van der Waals surface area contributed by atoms with Crippen molar-refractivity contribution in [3.05, 3.63) is 44.5 Å². The Morgan fingerprint density at radius 3 is 2.62 bits per heavy atom. The summed E-state index contributed by atoms with van der Waals surface area (Å²) in [6, 6.07) is 3.35. The van der Waals surface area contributed by atoms with Crippen LogP contribution in [0.25, 0.3) is 11.1 Å². The highest BCUT2D eigenvalue weighted by Gasteiger charge is 2.24. The van der Waals surface area contributed by atoms with Crippen molar-refractivity contribution < 1.29 is 9.78 Å². The fraction of sp³-hybridized carbons (Fsp3) is 0.182. The van der Waals surface area contributed by atoms with Crippen LogP contribution >= 0.6 is 0 Å². The van der Waals surface area contributed by atoms with Crippen molar-refractivity contribution in [3.63, 3.8) is 0 Å². The lowest BCUT2D eigenvalue weighted by molar-refractivity contribution is -0.179. The molecule has 0 unspecified atom stereocenters. The predicted molar refractivity (Wildman–Crippen MR) is 57.0 cm³/mol. The van der Waals surface area contributed by atoms with Gasteiger partial charge in [-0.15, -0.1) is 0 Å². The number of pyridine rings is 1. The van der Waals surface area contributed by atoms with Gasteiger partial charge in [0.1, 0.15) is 0 Å². The summed E-state index contributed by atoms with van der Waals surface area (Å²) in [6.07, 6.45) is 1.57. The van der Waals surface area contributed by atoms with Crippen LogP contribution in [0.2, 0.25) is 0 Å². The van der Waals surface area contributed by atoms with Crippen LogP contribution < -0.4 is 15.7 Å². The summed E-state index contributed by atoms with van der Waals surface area (Å²) in [5.74, 6) is -0.0434. The molecular weight excluding hydrogens is 210 g/mol. The minimum Gasteiger partial charge on any atom is -0.333 e. The van der Waals surface area contributed by atoms with Crippen molar-refractivity contribution >= 4 is 0 Å². The maximum absolute atomic E-state index is 11.4. The van der Waals surface area contributed by atoms with Crippen LogP contribution in [0.1, 0.15) is 5.69 Å². The van der Waals surface area contributed by atoms with Gasteiger partial charge >= 0.3 is 0 Å². The normalized spacial score (nSPS) is 10.6. The monoisotopic (exact) mass is 219 g/mol. The van der Waals surface area contributed by atoms with Crippen LogP contribution in [-0.2, 0) is 4.89 Å². The second-order valence-corrected chi connectivity index (χ2v) is 3.30. The molecule has 1 aromatic carbocycles. The maximum atomic E-state index is 11.4. The summed E-state index contributed by atoms with van der Waals surface area (Å²) in [4.78, 5) is 35.6. The minimum absolute atomic E-state index is 0.0434. The van der Waals surface area contributed by atoms with Crippen LogP contribution in [0.5, 0.6) is 5.75 Å². The Morgan fingerprint density at radius 1 is 1.25 bits per heavy atom. The lowest BCUT2D eigenvalue weighted by Crippen LogP contribution is -2.34. The highest BCUT2D eigenvalue weighted by Crippen LogP contribution is 2.25. The third kappa shape index (κ3) is 1.51. The molecule has 5 heteroatoms. The van der Waals surface area contributed by atoms with Crippen molar-refractivity contribution in [1.29, 1.82) is 0 Å². The van der Waals surface area contributed by atoms with E-state index in [0.717, 1.165) is 5.69 Å². The molecule has 0 fully saturated rings. The molecule has 0 atom stereocenters. The molecule has 1 aromatic heterocycles. The van der Waals surface area contributed by atoms with Gasteiger partial charge < -0.3 is 4.89 Å². The quantitative estimate of drug-likeness (QED) is 0.429.